The molecule has 1 aromatic carbocycles. The van der Waals surface area contributed by atoms with Crippen LogP contribution in [0.15, 0.2) is 42.6 Å². The highest BCUT2D eigenvalue weighted by Gasteiger charge is 2.23. The Morgan fingerprint density at radius 1 is 1.27 bits per heavy atom. The van der Waals surface area contributed by atoms with Gasteiger partial charge in [-0.2, -0.15) is 0 Å². The Morgan fingerprint density at radius 3 is 2.77 bits per heavy atom. The highest BCUT2D eigenvalue weighted by molar-refractivity contribution is 5.95. The van der Waals surface area contributed by atoms with Crippen molar-refractivity contribution < 1.29 is 14.5 Å². The first-order valence-electron chi connectivity index (χ1n) is 8.44. The van der Waals surface area contributed by atoms with Crippen molar-refractivity contribution in [3.63, 3.8) is 0 Å². The lowest BCUT2D eigenvalue weighted by molar-refractivity contribution is -0.384. The topological polar surface area (TPSA) is 97.6 Å². The van der Waals surface area contributed by atoms with Gasteiger partial charge >= 0.3 is 0 Å². The number of ether oxygens (including phenoxy) is 1. The Labute approximate surface area is 150 Å². The number of aromatic nitrogens is 1. The summed E-state index contributed by atoms with van der Waals surface area (Å²) in [6.07, 6.45) is 2.30. The summed E-state index contributed by atoms with van der Waals surface area (Å²) in [4.78, 5) is 29.4. The fourth-order valence-electron chi connectivity index (χ4n) is 2.83. The van der Waals surface area contributed by atoms with E-state index in [4.69, 9.17) is 4.74 Å². The highest BCUT2D eigenvalue weighted by Crippen LogP contribution is 2.29. The van der Waals surface area contributed by atoms with Crippen LogP contribution in [0.1, 0.15) is 16.1 Å². The number of nitro benzene ring substituents is 1. The lowest BCUT2D eigenvalue weighted by atomic mass is 10.1. The SMILES string of the molecule is O=C(NCCc1ccccn1)c1ccc(N2CCOCC2)c([N+](=O)[O-])c1. The smallest absolute Gasteiger partial charge is 0.293 e. The molecule has 3 rings (SSSR count). The van der Waals surface area contributed by atoms with E-state index in [1.54, 1.807) is 18.3 Å². The first-order chi connectivity index (χ1) is 12.6. The predicted molar refractivity (Wildman–Crippen MR) is 96.4 cm³/mol. The molecule has 1 saturated heterocycles. The zero-order chi connectivity index (χ0) is 18.4. The van der Waals surface area contributed by atoms with E-state index in [0.717, 1.165) is 5.69 Å². The largest absolute Gasteiger partial charge is 0.378 e. The van der Waals surface area contributed by atoms with Crippen LogP contribution < -0.4 is 10.2 Å². The summed E-state index contributed by atoms with van der Waals surface area (Å²) in [5.41, 5.74) is 1.60. The van der Waals surface area contributed by atoms with Gasteiger partial charge in [-0.15, -0.1) is 0 Å². The maximum Gasteiger partial charge on any atom is 0.293 e. The molecule has 1 aliphatic heterocycles. The van der Waals surface area contributed by atoms with Crippen LogP contribution in [0, 0.1) is 10.1 Å². The molecule has 0 bridgehead atoms. The molecular weight excluding hydrogens is 336 g/mol. The summed E-state index contributed by atoms with van der Waals surface area (Å²) in [6.45, 7) is 2.67. The molecule has 0 atom stereocenters. The second kappa shape index (κ2) is 8.39. The molecule has 26 heavy (non-hydrogen) atoms. The van der Waals surface area contributed by atoms with Gasteiger partial charge in [-0.3, -0.25) is 19.9 Å². The van der Waals surface area contributed by atoms with Gasteiger partial charge in [0.2, 0.25) is 0 Å². The van der Waals surface area contributed by atoms with Crippen molar-refractivity contribution in [3.05, 3.63) is 64.0 Å². The molecule has 1 aliphatic rings. The molecule has 0 spiro atoms. The van der Waals surface area contributed by atoms with Crippen molar-refractivity contribution in [2.24, 2.45) is 0 Å². The van der Waals surface area contributed by atoms with E-state index in [-0.39, 0.29) is 17.2 Å². The van der Waals surface area contributed by atoms with E-state index in [0.29, 0.717) is 45.0 Å². The number of carbonyl (C=O) groups excluding carboxylic acids is 1. The second-order valence-electron chi connectivity index (χ2n) is 5.89. The Bertz CT molecular complexity index is 776. The van der Waals surface area contributed by atoms with Crippen molar-refractivity contribution in [1.29, 1.82) is 0 Å². The number of pyridine rings is 1. The number of anilines is 1. The second-order valence-corrected chi connectivity index (χ2v) is 5.89. The lowest BCUT2D eigenvalue weighted by Crippen LogP contribution is -2.36. The lowest BCUT2D eigenvalue weighted by Gasteiger charge is -2.28. The maximum atomic E-state index is 12.3. The molecule has 0 saturated carbocycles. The Balaban J connectivity index is 1.68. The third-order valence-electron chi connectivity index (χ3n) is 4.18. The number of amides is 1. The molecule has 0 aliphatic carbocycles. The Morgan fingerprint density at radius 2 is 2.08 bits per heavy atom. The zero-order valence-electron chi connectivity index (χ0n) is 14.3. The molecule has 8 heteroatoms. The predicted octanol–water partition coefficient (Wildman–Crippen LogP) is 1.80. The van der Waals surface area contributed by atoms with Gasteiger partial charge in [0.1, 0.15) is 5.69 Å². The van der Waals surface area contributed by atoms with Crippen molar-refractivity contribution in [3.8, 4) is 0 Å². The average Bonchev–Trinajstić information content (AvgIpc) is 2.69. The number of benzene rings is 1. The van der Waals surface area contributed by atoms with Crippen LogP contribution in [-0.2, 0) is 11.2 Å². The van der Waals surface area contributed by atoms with Gasteiger partial charge in [-0.25, -0.2) is 0 Å². The van der Waals surface area contributed by atoms with E-state index >= 15 is 0 Å². The number of rotatable bonds is 6. The highest BCUT2D eigenvalue weighted by atomic mass is 16.6. The zero-order valence-corrected chi connectivity index (χ0v) is 14.3. The number of hydrogen-bond acceptors (Lipinski definition) is 6. The molecule has 0 unspecified atom stereocenters. The molecular formula is C18H20N4O4. The maximum absolute atomic E-state index is 12.3. The third-order valence-corrected chi connectivity index (χ3v) is 4.18. The number of nitrogens with one attached hydrogen (secondary N) is 1. The molecule has 1 fully saturated rings. The Kier molecular flexibility index (Phi) is 5.75. The normalized spacial score (nSPS) is 14.1. The fraction of sp³-hybridized carbons (Fsp3) is 0.333. The number of nitro groups is 1. The van der Waals surface area contributed by atoms with Crippen LogP contribution in [0.2, 0.25) is 0 Å². The minimum absolute atomic E-state index is 0.0655. The molecule has 0 radical (unpaired) electrons. The third kappa shape index (κ3) is 4.34. The molecule has 136 valence electrons. The molecule has 1 aromatic heterocycles. The van der Waals surface area contributed by atoms with Crippen molar-refractivity contribution in [2.45, 2.75) is 6.42 Å². The summed E-state index contributed by atoms with van der Waals surface area (Å²) in [5, 5.41) is 14.2. The summed E-state index contributed by atoms with van der Waals surface area (Å²) < 4.78 is 5.28. The van der Waals surface area contributed by atoms with E-state index in [1.807, 2.05) is 23.1 Å². The van der Waals surface area contributed by atoms with E-state index in [9.17, 15) is 14.9 Å². The van der Waals surface area contributed by atoms with Gasteiger partial charge in [-0.05, 0) is 24.3 Å². The molecule has 1 amide bonds. The van der Waals surface area contributed by atoms with E-state index < -0.39 is 4.92 Å². The number of hydrogen-bond donors (Lipinski definition) is 1. The van der Waals surface area contributed by atoms with Gasteiger partial charge in [-0.1, -0.05) is 6.07 Å². The Hall–Kier alpha value is -3.00. The number of nitrogens with zero attached hydrogens (tertiary/aromatic N) is 3. The number of carbonyl (C=O) groups is 1. The first-order valence-corrected chi connectivity index (χ1v) is 8.44. The van der Waals surface area contributed by atoms with Crippen molar-refractivity contribution >= 4 is 17.3 Å². The monoisotopic (exact) mass is 356 g/mol. The number of morpholine rings is 1. The van der Waals surface area contributed by atoms with Gasteiger partial charge in [0.15, 0.2) is 0 Å². The molecule has 2 heterocycles. The van der Waals surface area contributed by atoms with Crippen LogP contribution in [0.4, 0.5) is 11.4 Å². The summed E-state index contributed by atoms with van der Waals surface area (Å²) in [5.74, 6) is -0.336. The minimum atomic E-state index is -0.449. The summed E-state index contributed by atoms with van der Waals surface area (Å²) >= 11 is 0. The van der Waals surface area contributed by atoms with Gasteiger partial charge in [0.25, 0.3) is 11.6 Å². The summed E-state index contributed by atoms with van der Waals surface area (Å²) in [7, 11) is 0. The molecule has 1 N–H and O–H groups in total. The summed E-state index contributed by atoms with van der Waals surface area (Å²) in [6, 6.07) is 10.2. The molecule has 2 aromatic rings. The average molecular weight is 356 g/mol. The molecule has 8 nitrogen and oxygen atoms in total. The first kappa shape index (κ1) is 17.8. The van der Waals surface area contributed by atoms with Crippen LogP contribution >= 0.6 is 0 Å². The standard InChI is InChI=1S/C18H20N4O4/c23-18(20-8-6-15-3-1-2-7-19-15)14-4-5-16(17(13-14)22(24)25)21-9-11-26-12-10-21/h1-5,7,13H,6,8-12H2,(H,20,23). The van der Waals surface area contributed by atoms with Crippen LogP contribution in [-0.4, -0.2) is 48.7 Å². The van der Waals surface area contributed by atoms with Gasteiger partial charge in [0, 0.05) is 49.6 Å². The van der Waals surface area contributed by atoms with Gasteiger partial charge in [0.05, 0.1) is 18.1 Å². The van der Waals surface area contributed by atoms with E-state index in [1.165, 1.54) is 6.07 Å². The van der Waals surface area contributed by atoms with E-state index in [2.05, 4.69) is 10.3 Å². The minimum Gasteiger partial charge on any atom is -0.378 e. The van der Waals surface area contributed by atoms with Crippen LogP contribution in [0.5, 0.6) is 0 Å². The van der Waals surface area contributed by atoms with Gasteiger partial charge < -0.3 is 15.0 Å². The fourth-order valence-corrected chi connectivity index (χ4v) is 2.83. The quantitative estimate of drug-likeness (QED) is 0.626. The van der Waals surface area contributed by atoms with Crippen LogP contribution in [0.25, 0.3) is 0 Å². The van der Waals surface area contributed by atoms with Crippen molar-refractivity contribution in [1.82, 2.24) is 10.3 Å². The van der Waals surface area contributed by atoms with Crippen LogP contribution in [0.3, 0.4) is 0 Å². The van der Waals surface area contributed by atoms with Crippen molar-refractivity contribution in [2.75, 3.05) is 37.7 Å².